The van der Waals surface area contributed by atoms with E-state index in [4.69, 9.17) is 11.6 Å². The highest BCUT2D eigenvalue weighted by Crippen LogP contribution is 2.26. The Kier molecular flexibility index (Phi) is 5.77. The average Bonchev–Trinajstić information content (AvgIpc) is 2.73. The van der Waals surface area contributed by atoms with Crippen LogP contribution in [-0.2, 0) is 4.79 Å². The van der Waals surface area contributed by atoms with Gasteiger partial charge in [-0.2, -0.15) is 0 Å². The first-order valence-electron chi connectivity index (χ1n) is 9.91. The largest absolute Gasteiger partial charge is 0.326 e. The van der Waals surface area contributed by atoms with Crippen LogP contribution in [0, 0.1) is 5.92 Å². The van der Waals surface area contributed by atoms with E-state index >= 15 is 0 Å². The number of aromatic nitrogens is 2. The minimum atomic E-state index is 0.0425. The molecule has 0 atom stereocenters. The Balaban J connectivity index is 1.51. The SMILES string of the molecule is CC(C)CC(=O)Nc1ccc(-c2ccc(-c3cnc4cc(Cl)ccc4n3)cc2)cc1. The Morgan fingerprint density at radius 3 is 2.20 bits per heavy atom. The van der Waals surface area contributed by atoms with E-state index in [1.165, 1.54) is 0 Å². The molecule has 150 valence electrons. The van der Waals surface area contributed by atoms with Crippen LogP contribution in [0.1, 0.15) is 20.3 Å². The van der Waals surface area contributed by atoms with Gasteiger partial charge < -0.3 is 5.32 Å². The van der Waals surface area contributed by atoms with Crippen molar-refractivity contribution in [2.24, 2.45) is 5.92 Å². The summed E-state index contributed by atoms with van der Waals surface area (Å²) in [7, 11) is 0. The molecule has 0 radical (unpaired) electrons. The topological polar surface area (TPSA) is 54.9 Å². The normalized spacial score (nSPS) is 11.1. The number of carbonyl (C=O) groups is 1. The van der Waals surface area contributed by atoms with Crippen LogP contribution in [0.25, 0.3) is 33.4 Å². The van der Waals surface area contributed by atoms with Gasteiger partial charge >= 0.3 is 0 Å². The van der Waals surface area contributed by atoms with Crippen LogP contribution in [-0.4, -0.2) is 15.9 Å². The van der Waals surface area contributed by atoms with Gasteiger partial charge in [0.25, 0.3) is 0 Å². The molecule has 0 unspecified atom stereocenters. The van der Waals surface area contributed by atoms with Crippen molar-refractivity contribution in [3.05, 3.63) is 77.9 Å². The lowest BCUT2D eigenvalue weighted by atomic mass is 10.0. The molecular formula is C25H22ClN3O. The van der Waals surface area contributed by atoms with Crippen molar-refractivity contribution >= 4 is 34.2 Å². The fraction of sp³-hybridized carbons (Fsp3) is 0.160. The van der Waals surface area contributed by atoms with Crippen LogP contribution >= 0.6 is 11.6 Å². The summed E-state index contributed by atoms with van der Waals surface area (Å²) in [6.07, 6.45) is 2.29. The van der Waals surface area contributed by atoms with Crippen molar-refractivity contribution < 1.29 is 4.79 Å². The average molecular weight is 416 g/mol. The summed E-state index contributed by atoms with van der Waals surface area (Å²) in [4.78, 5) is 21.1. The van der Waals surface area contributed by atoms with Gasteiger partial charge in [0.15, 0.2) is 0 Å². The predicted molar refractivity (Wildman–Crippen MR) is 124 cm³/mol. The van der Waals surface area contributed by atoms with Gasteiger partial charge in [-0.05, 0) is 47.4 Å². The third-order valence-electron chi connectivity index (χ3n) is 4.78. The Morgan fingerprint density at radius 1 is 0.900 bits per heavy atom. The van der Waals surface area contributed by atoms with Gasteiger partial charge in [0.2, 0.25) is 5.91 Å². The zero-order chi connectivity index (χ0) is 21.1. The van der Waals surface area contributed by atoms with Gasteiger partial charge in [-0.1, -0.05) is 61.8 Å². The lowest BCUT2D eigenvalue weighted by molar-refractivity contribution is -0.116. The zero-order valence-corrected chi connectivity index (χ0v) is 17.6. The maximum atomic E-state index is 11.9. The standard InChI is InChI=1S/C25H22ClN3O/c1-16(2)13-25(30)28-21-10-7-18(8-11-21)17-3-5-19(6-4-17)24-15-27-23-14-20(26)9-12-22(23)29-24/h3-12,14-16H,13H2,1-2H3,(H,28,30). The first-order valence-corrected chi connectivity index (χ1v) is 10.3. The lowest BCUT2D eigenvalue weighted by Gasteiger charge is -2.09. The maximum Gasteiger partial charge on any atom is 0.224 e. The Labute approximate surface area is 181 Å². The number of halogens is 1. The lowest BCUT2D eigenvalue weighted by Crippen LogP contribution is -2.13. The Hall–Kier alpha value is -3.24. The van der Waals surface area contributed by atoms with Crippen molar-refractivity contribution in [3.8, 4) is 22.4 Å². The van der Waals surface area contributed by atoms with Crippen LogP contribution in [0.2, 0.25) is 5.02 Å². The van der Waals surface area contributed by atoms with Crippen molar-refractivity contribution in [1.82, 2.24) is 9.97 Å². The van der Waals surface area contributed by atoms with Gasteiger partial charge in [0, 0.05) is 22.7 Å². The maximum absolute atomic E-state index is 11.9. The quantitative estimate of drug-likeness (QED) is 0.399. The summed E-state index contributed by atoms with van der Waals surface area (Å²) < 4.78 is 0. The third-order valence-corrected chi connectivity index (χ3v) is 5.02. The number of rotatable bonds is 5. The fourth-order valence-electron chi connectivity index (χ4n) is 3.29. The summed E-state index contributed by atoms with van der Waals surface area (Å²) in [6, 6.07) is 21.6. The molecule has 0 saturated carbocycles. The van der Waals surface area contributed by atoms with Crippen LogP contribution in [0.4, 0.5) is 5.69 Å². The number of nitrogens with one attached hydrogen (secondary N) is 1. The minimum absolute atomic E-state index is 0.0425. The first kappa shape index (κ1) is 20.0. The number of anilines is 1. The van der Waals surface area contributed by atoms with Crippen LogP contribution in [0.15, 0.2) is 72.9 Å². The summed E-state index contributed by atoms with van der Waals surface area (Å²) in [5.74, 6) is 0.383. The molecule has 1 heterocycles. The zero-order valence-electron chi connectivity index (χ0n) is 16.9. The molecule has 0 aliphatic carbocycles. The summed E-state index contributed by atoms with van der Waals surface area (Å²) in [5, 5.41) is 3.59. The molecule has 4 nitrogen and oxygen atoms in total. The number of carbonyl (C=O) groups excluding carboxylic acids is 1. The van der Waals surface area contributed by atoms with E-state index in [1.54, 1.807) is 6.20 Å². The van der Waals surface area contributed by atoms with Crippen LogP contribution in [0.5, 0.6) is 0 Å². The number of amides is 1. The number of nitrogens with zero attached hydrogens (tertiary/aromatic N) is 2. The Morgan fingerprint density at radius 2 is 1.53 bits per heavy atom. The van der Waals surface area contributed by atoms with E-state index in [1.807, 2.05) is 68.4 Å². The molecule has 0 saturated heterocycles. The second-order valence-electron chi connectivity index (χ2n) is 7.69. The molecule has 30 heavy (non-hydrogen) atoms. The van der Waals surface area contributed by atoms with Gasteiger partial charge in [-0.25, -0.2) is 4.98 Å². The van der Waals surface area contributed by atoms with E-state index in [-0.39, 0.29) is 5.91 Å². The van der Waals surface area contributed by atoms with E-state index in [0.717, 1.165) is 39.1 Å². The van der Waals surface area contributed by atoms with Gasteiger partial charge in [0.05, 0.1) is 22.9 Å². The molecule has 4 aromatic rings. The number of fused-ring (bicyclic) bond motifs is 1. The molecule has 1 aromatic heterocycles. The monoisotopic (exact) mass is 415 g/mol. The number of hydrogen-bond acceptors (Lipinski definition) is 3. The van der Waals surface area contributed by atoms with Crippen molar-refractivity contribution in [3.63, 3.8) is 0 Å². The molecule has 4 rings (SSSR count). The molecule has 5 heteroatoms. The van der Waals surface area contributed by atoms with Gasteiger partial charge in [-0.3, -0.25) is 9.78 Å². The van der Waals surface area contributed by atoms with Gasteiger partial charge in [0.1, 0.15) is 0 Å². The smallest absolute Gasteiger partial charge is 0.224 e. The molecule has 0 aliphatic rings. The first-order chi connectivity index (χ1) is 14.5. The highest BCUT2D eigenvalue weighted by Gasteiger charge is 2.07. The minimum Gasteiger partial charge on any atom is -0.326 e. The molecular weight excluding hydrogens is 394 g/mol. The number of hydrogen-bond donors (Lipinski definition) is 1. The molecule has 1 amide bonds. The molecule has 3 aromatic carbocycles. The van der Waals surface area contributed by atoms with Crippen LogP contribution < -0.4 is 5.32 Å². The van der Waals surface area contributed by atoms with E-state index in [0.29, 0.717) is 17.4 Å². The molecule has 0 bridgehead atoms. The van der Waals surface area contributed by atoms with Crippen molar-refractivity contribution in [1.29, 1.82) is 0 Å². The fourth-order valence-corrected chi connectivity index (χ4v) is 3.45. The molecule has 1 N–H and O–H groups in total. The van der Waals surface area contributed by atoms with Crippen molar-refractivity contribution in [2.45, 2.75) is 20.3 Å². The van der Waals surface area contributed by atoms with Crippen molar-refractivity contribution in [2.75, 3.05) is 5.32 Å². The van der Waals surface area contributed by atoms with E-state index < -0.39 is 0 Å². The van der Waals surface area contributed by atoms with Gasteiger partial charge in [-0.15, -0.1) is 0 Å². The summed E-state index contributed by atoms with van der Waals surface area (Å²) >= 11 is 6.02. The predicted octanol–water partition coefficient (Wildman–Crippen LogP) is 6.60. The van der Waals surface area contributed by atoms with Crippen LogP contribution in [0.3, 0.4) is 0 Å². The second-order valence-corrected chi connectivity index (χ2v) is 8.13. The highest BCUT2D eigenvalue weighted by atomic mass is 35.5. The highest BCUT2D eigenvalue weighted by molar-refractivity contribution is 6.31. The van der Waals surface area contributed by atoms with E-state index in [9.17, 15) is 4.79 Å². The Bertz CT molecular complexity index is 1190. The molecule has 0 aliphatic heterocycles. The number of benzene rings is 3. The summed E-state index contributed by atoms with van der Waals surface area (Å²) in [5.41, 5.74) is 6.41. The third kappa shape index (κ3) is 4.66. The summed E-state index contributed by atoms with van der Waals surface area (Å²) in [6.45, 7) is 4.07. The second kappa shape index (κ2) is 8.64. The molecule has 0 fully saturated rings. The van der Waals surface area contributed by atoms with E-state index in [2.05, 4.69) is 27.4 Å². The molecule has 0 spiro atoms.